The van der Waals surface area contributed by atoms with Crippen LogP contribution in [0.2, 0.25) is 0 Å². The summed E-state index contributed by atoms with van der Waals surface area (Å²) < 4.78 is 0. The van der Waals surface area contributed by atoms with Crippen molar-refractivity contribution >= 4 is 23.9 Å². The second kappa shape index (κ2) is 7.50. The summed E-state index contributed by atoms with van der Waals surface area (Å²) in [7, 11) is 0. The van der Waals surface area contributed by atoms with Gasteiger partial charge in [0.05, 0.1) is 4.92 Å². The summed E-state index contributed by atoms with van der Waals surface area (Å²) in [6.45, 7) is 0.393. The number of aromatic nitrogens is 1. The molecule has 9 heteroatoms. The average Bonchev–Trinajstić information content (AvgIpc) is 2.58. The van der Waals surface area contributed by atoms with Crippen LogP contribution in [-0.2, 0) is 16.2 Å². The highest BCUT2D eigenvalue weighted by Crippen LogP contribution is 2.12. The van der Waals surface area contributed by atoms with Gasteiger partial charge in [0, 0.05) is 18.7 Å². The third-order valence-corrected chi connectivity index (χ3v) is 2.79. The topological polar surface area (TPSA) is 123 Å². The first-order chi connectivity index (χ1) is 11.1. The first kappa shape index (κ1) is 15.9. The zero-order chi connectivity index (χ0) is 16.7. The van der Waals surface area contributed by atoms with E-state index in [9.17, 15) is 19.7 Å². The van der Waals surface area contributed by atoms with Crippen LogP contribution in [0.4, 0.5) is 11.5 Å². The van der Waals surface area contributed by atoms with Crippen molar-refractivity contribution in [2.45, 2.75) is 6.54 Å². The highest BCUT2D eigenvalue weighted by molar-refractivity contribution is 5.92. The van der Waals surface area contributed by atoms with Crippen LogP contribution in [0.15, 0.2) is 42.5 Å². The Balaban J connectivity index is 1.96. The smallest absolute Gasteiger partial charge is 0.320 e. The molecule has 1 aromatic heterocycles. The van der Waals surface area contributed by atoms with Crippen LogP contribution in [0.5, 0.6) is 0 Å². The number of nitro groups is 1. The molecule has 0 aliphatic rings. The summed E-state index contributed by atoms with van der Waals surface area (Å²) in [6.07, 6.45) is 0. The number of carbonyl (C=O) groups excluding carboxylic acids is 2. The number of nitro benzene ring substituents is 1. The summed E-state index contributed by atoms with van der Waals surface area (Å²) in [6, 6.07) is 10.4. The molecule has 0 fully saturated rings. The Morgan fingerprint density at radius 1 is 1.26 bits per heavy atom. The molecule has 0 spiro atoms. The van der Waals surface area contributed by atoms with E-state index in [1.54, 1.807) is 18.2 Å². The van der Waals surface area contributed by atoms with Crippen molar-refractivity contribution in [3.8, 4) is 0 Å². The van der Waals surface area contributed by atoms with Gasteiger partial charge >= 0.3 is 6.47 Å². The number of anilines is 1. The lowest BCUT2D eigenvalue weighted by molar-refractivity contribution is -0.384. The molecule has 0 saturated heterocycles. The standard InChI is InChI=1S/C14H12N4O5/c19-9-23-17-13-3-1-2-12(16-13)14(20)15-8-10-4-6-11(7-5-10)18(21)22/h1-7,9H,8H2,(H,15,20)(H,16,17). The van der Waals surface area contributed by atoms with Gasteiger partial charge in [-0.15, -0.1) is 0 Å². The molecule has 0 unspecified atom stereocenters. The van der Waals surface area contributed by atoms with Crippen LogP contribution in [0, 0.1) is 10.1 Å². The molecular formula is C14H12N4O5. The molecule has 2 N–H and O–H groups in total. The zero-order valence-electron chi connectivity index (χ0n) is 11.8. The van der Waals surface area contributed by atoms with Crippen LogP contribution in [0.1, 0.15) is 16.1 Å². The van der Waals surface area contributed by atoms with E-state index >= 15 is 0 Å². The van der Waals surface area contributed by atoms with Crippen LogP contribution in [0.3, 0.4) is 0 Å². The van der Waals surface area contributed by atoms with E-state index in [0.717, 1.165) is 0 Å². The summed E-state index contributed by atoms with van der Waals surface area (Å²) in [5.74, 6) is -0.224. The molecule has 1 aromatic carbocycles. The van der Waals surface area contributed by atoms with E-state index in [-0.39, 0.29) is 30.2 Å². The van der Waals surface area contributed by atoms with Gasteiger partial charge in [-0.3, -0.25) is 19.7 Å². The summed E-state index contributed by atoms with van der Waals surface area (Å²) >= 11 is 0. The Hall–Kier alpha value is -3.49. The second-order valence-electron chi connectivity index (χ2n) is 4.33. The SMILES string of the molecule is O=CONc1cccc(C(=O)NCc2ccc([N+](=O)[O-])cc2)n1. The van der Waals surface area contributed by atoms with Crippen molar-refractivity contribution in [2.75, 3.05) is 5.48 Å². The van der Waals surface area contributed by atoms with Crippen LogP contribution >= 0.6 is 0 Å². The quantitative estimate of drug-likeness (QED) is 0.449. The Morgan fingerprint density at radius 3 is 2.65 bits per heavy atom. The van der Waals surface area contributed by atoms with Gasteiger partial charge < -0.3 is 10.2 Å². The predicted molar refractivity (Wildman–Crippen MR) is 79.3 cm³/mol. The minimum atomic E-state index is -0.494. The van der Waals surface area contributed by atoms with E-state index < -0.39 is 10.8 Å². The largest absolute Gasteiger partial charge is 0.347 e. The molecule has 0 bridgehead atoms. The van der Waals surface area contributed by atoms with Crippen molar-refractivity contribution in [3.05, 3.63) is 63.8 Å². The number of carbonyl (C=O) groups is 2. The zero-order valence-corrected chi connectivity index (χ0v) is 11.8. The fourth-order valence-electron chi connectivity index (χ4n) is 1.71. The van der Waals surface area contributed by atoms with Gasteiger partial charge in [-0.05, 0) is 17.7 Å². The van der Waals surface area contributed by atoms with E-state index in [2.05, 4.69) is 20.6 Å². The van der Waals surface area contributed by atoms with E-state index in [1.807, 2.05) is 0 Å². The van der Waals surface area contributed by atoms with Crippen LogP contribution < -0.4 is 10.8 Å². The highest BCUT2D eigenvalue weighted by atomic mass is 16.7. The molecule has 9 nitrogen and oxygen atoms in total. The third-order valence-electron chi connectivity index (χ3n) is 2.79. The Labute approximate surface area is 130 Å². The lowest BCUT2D eigenvalue weighted by Crippen LogP contribution is -2.24. The lowest BCUT2D eigenvalue weighted by Gasteiger charge is -2.06. The second-order valence-corrected chi connectivity index (χ2v) is 4.33. The van der Waals surface area contributed by atoms with Crippen molar-refractivity contribution in [1.29, 1.82) is 0 Å². The van der Waals surface area contributed by atoms with Gasteiger partial charge in [-0.1, -0.05) is 18.2 Å². The normalized spacial score (nSPS) is 9.74. The van der Waals surface area contributed by atoms with Gasteiger partial charge in [0.1, 0.15) is 5.69 Å². The summed E-state index contributed by atoms with van der Waals surface area (Å²) in [5.41, 5.74) is 3.08. The molecule has 23 heavy (non-hydrogen) atoms. The Bertz CT molecular complexity index is 717. The van der Waals surface area contributed by atoms with Gasteiger partial charge in [0.15, 0.2) is 5.82 Å². The highest BCUT2D eigenvalue weighted by Gasteiger charge is 2.09. The number of pyridine rings is 1. The molecule has 1 amide bonds. The van der Waals surface area contributed by atoms with Gasteiger partial charge in [-0.2, -0.15) is 0 Å². The van der Waals surface area contributed by atoms with Crippen molar-refractivity contribution in [2.24, 2.45) is 0 Å². The number of non-ortho nitro benzene ring substituents is 1. The number of hydrogen-bond acceptors (Lipinski definition) is 7. The maximum absolute atomic E-state index is 12.0. The molecule has 0 atom stereocenters. The molecular weight excluding hydrogens is 304 g/mol. The molecule has 2 aromatic rings. The maximum Gasteiger partial charge on any atom is 0.320 e. The van der Waals surface area contributed by atoms with Gasteiger partial charge in [0.2, 0.25) is 0 Å². The predicted octanol–water partition coefficient (Wildman–Crippen LogP) is 1.42. The van der Waals surface area contributed by atoms with Gasteiger partial charge in [0.25, 0.3) is 11.6 Å². The fraction of sp³-hybridized carbons (Fsp3) is 0.0714. The molecule has 0 aliphatic carbocycles. The average molecular weight is 316 g/mol. The van der Waals surface area contributed by atoms with Crippen molar-refractivity contribution < 1.29 is 19.3 Å². The van der Waals surface area contributed by atoms with E-state index in [0.29, 0.717) is 5.56 Å². The van der Waals surface area contributed by atoms with E-state index in [1.165, 1.54) is 24.3 Å². The summed E-state index contributed by atoms with van der Waals surface area (Å²) in [4.78, 5) is 40.5. The maximum atomic E-state index is 12.0. The molecule has 0 radical (unpaired) electrons. The Morgan fingerprint density at radius 2 is 2.00 bits per heavy atom. The third kappa shape index (κ3) is 4.49. The molecule has 118 valence electrons. The van der Waals surface area contributed by atoms with E-state index in [4.69, 9.17) is 0 Å². The fourth-order valence-corrected chi connectivity index (χ4v) is 1.71. The van der Waals surface area contributed by atoms with Crippen LogP contribution in [-0.4, -0.2) is 22.3 Å². The van der Waals surface area contributed by atoms with Crippen LogP contribution in [0.25, 0.3) is 0 Å². The monoisotopic (exact) mass is 316 g/mol. The lowest BCUT2D eigenvalue weighted by atomic mass is 10.2. The summed E-state index contributed by atoms with van der Waals surface area (Å²) in [5, 5.41) is 13.2. The first-order valence-corrected chi connectivity index (χ1v) is 6.44. The number of rotatable bonds is 7. The van der Waals surface area contributed by atoms with Crippen molar-refractivity contribution in [3.63, 3.8) is 0 Å². The number of benzene rings is 1. The van der Waals surface area contributed by atoms with Crippen molar-refractivity contribution in [1.82, 2.24) is 10.3 Å². The molecule has 0 aliphatic heterocycles. The number of nitrogens with one attached hydrogen (secondary N) is 2. The minimum Gasteiger partial charge on any atom is -0.347 e. The first-order valence-electron chi connectivity index (χ1n) is 6.44. The number of nitrogens with zero attached hydrogens (tertiary/aromatic N) is 2. The minimum absolute atomic E-state index is 0.0179. The molecule has 2 rings (SSSR count). The van der Waals surface area contributed by atoms with Gasteiger partial charge in [-0.25, -0.2) is 10.5 Å². The number of amides is 1. The molecule has 1 heterocycles. The molecule has 0 saturated carbocycles. The number of hydrogen-bond donors (Lipinski definition) is 2. The Kier molecular flexibility index (Phi) is 5.18.